The second-order valence-corrected chi connectivity index (χ2v) is 2.87. The number of hydrogen-bond donors (Lipinski definition) is 1. The van der Waals surface area contributed by atoms with Gasteiger partial charge in [0, 0.05) is 0 Å². The van der Waals surface area contributed by atoms with Crippen molar-refractivity contribution in [3.05, 3.63) is 28.8 Å². The van der Waals surface area contributed by atoms with Gasteiger partial charge < -0.3 is 5.11 Å². The van der Waals surface area contributed by atoms with Gasteiger partial charge in [-0.15, -0.1) is 0 Å². The van der Waals surface area contributed by atoms with E-state index >= 15 is 0 Å². The average Bonchev–Trinajstić information content (AvgIpc) is 2.07. The minimum absolute atomic E-state index is 0.292. The van der Waals surface area contributed by atoms with Crippen molar-refractivity contribution in [1.29, 1.82) is 0 Å². The molecule has 0 atom stereocenters. The number of phenols is 1. The molecule has 1 rings (SSSR count). The molecule has 2 nitrogen and oxygen atoms in total. The third kappa shape index (κ3) is 1.98. The summed E-state index contributed by atoms with van der Waals surface area (Å²) in [6.45, 7) is 0. The molecular weight excluding hydrogens is 221 g/mol. The van der Waals surface area contributed by atoms with Gasteiger partial charge in [0.25, 0.3) is 5.78 Å². The van der Waals surface area contributed by atoms with Crippen molar-refractivity contribution in [3.63, 3.8) is 0 Å². The van der Waals surface area contributed by atoms with Gasteiger partial charge in [-0.25, -0.2) is 0 Å². The van der Waals surface area contributed by atoms with Gasteiger partial charge in [-0.2, -0.15) is 13.2 Å². The van der Waals surface area contributed by atoms with Gasteiger partial charge in [0.05, 0.1) is 10.6 Å². The van der Waals surface area contributed by atoms with Crippen molar-refractivity contribution in [1.82, 2.24) is 0 Å². The summed E-state index contributed by atoms with van der Waals surface area (Å²) >= 11 is 5.34. The van der Waals surface area contributed by atoms with Crippen molar-refractivity contribution in [2.45, 2.75) is 6.18 Å². The first-order chi connectivity index (χ1) is 6.34. The molecule has 0 aliphatic carbocycles. The van der Waals surface area contributed by atoms with E-state index < -0.39 is 23.3 Å². The summed E-state index contributed by atoms with van der Waals surface area (Å²) < 4.78 is 35.8. The van der Waals surface area contributed by atoms with E-state index in [-0.39, 0.29) is 5.02 Å². The molecule has 0 amide bonds. The molecule has 0 aliphatic rings. The van der Waals surface area contributed by atoms with Crippen LogP contribution >= 0.6 is 11.6 Å². The van der Waals surface area contributed by atoms with E-state index in [1.165, 1.54) is 6.07 Å². The highest BCUT2D eigenvalue weighted by Crippen LogP contribution is 2.31. The van der Waals surface area contributed by atoms with Crippen LogP contribution in [0.1, 0.15) is 10.4 Å². The van der Waals surface area contributed by atoms with Crippen molar-refractivity contribution in [2.24, 2.45) is 0 Å². The van der Waals surface area contributed by atoms with Crippen molar-refractivity contribution in [3.8, 4) is 5.75 Å². The zero-order valence-corrected chi connectivity index (χ0v) is 7.36. The first-order valence-corrected chi connectivity index (χ1v) is 3.81. The summed E-state index contributed by atoms with van der Waals surface area (Å²) in [4.78, 5) is 10.7. The quantitative estimate of drug-likeness (QED) is 0.745. The van der Waals surface area contributed by atoms with Crippen LogP contribution in [0.5, 0.6) is 5.75 Å². The summed E-state index contributed by atoms with van der Waals surface area (Å²) in [7, 11) is 0. The van der Waals surface area contributed by atoms with Gasteiger partial charge in [-0.05, 0) is 12.1 Å². The second-order valence-electron chi connectivity index (χ2n) is 2.46. The lowest BCUT2D eigenvalue weighted by Gasteiger charge is -2.07. The van der Waals surface area contributed by atoms with E-state index in [0.29, 0.717) is 0 Å². The van der Waals surface area contributed by atoms with Gasteiger partial charge in [-0.1, -0.05) is 17.7 Å². The van der Waals surface area contributed by atoms with Crippen LogP contribution in [0.15, 0.2) is 18.2 Å². The summed E-state index contributed by atoms with van der Waals surface area (Å²) in [6, 6.07) is 3.20. The Balaban J connectivity index is 3.21. The fourth-order valence-electron chi connectivity index (χ4n) is 0.851. The summed E-state index contributed by atoms with van der Waals surface area (Å²) in [5.41, 5.74) is -0.843. The van der Waals surface area contributed by atoms with Crippen molar-refractivity contribution in [2.75, 3.05) is 0 Å². The Bertz CT molecular complexity index is 373. The molecule has 14 heavy (non-hydrogen) atoms. The van der Waals surface area contributed by atoms with E-state index in [1.54, 1.807) is 0 Å². The molecule has 0 unspecified atom stereocenters. The number of rotatable bonds is 1. The first kappa shape index (κ1) is 10.8. The zero-order valence-electron chi connectivity index (χ0n) is 6.60. The average molecular weight is 225 g/mol. The van der Waals surface area contributed by atoms with E-state index in [4.69, 9.17) is 16.7 Å². The maximum absolute atomic E-state index is 11.9. The van der Waals surface area contributed by atoms with Crippen molar-refractivity contribution < 1.29 is 23.1 Å². The zero-order chi connectivity index (χ0) is 10.9. The monoisotopic (exact) mass is 224 g/mol. The van der Waals surface area contributed by atoms with Gasteiger partial charge in [0.2, 0.25) is 0 Å². The summed E-state index contributed by atoms with van der Waals surface area (Å²) in [5.74, 6) is -2.96. The lowest BCUT2D eigenvalue weighted by molar-refractivity contribution is -0.0886. The third-order valence-corrected chi connectivity index (χ3v) is 1.79. The van der Waals surface area contributed by atoms with Gasteiger partial charge >= 0.3 is 6.18 Å². The molecular formula is C8H4ClF3O2. The molecule has 1 aromatic carbocycles. The summed E-state index contributed by atoms with van der Waals surface area (Å²) in [5, 5.41) is 8.79. The number of ketones is 1. The number of Topliss-reactive ketones (excluding diaryl/α,β-unsaturated/α-hetero) is 1. The van der Waals surface area contributed by atoms with Crippen LogP contribution in [-0.4, -0.2) is 17.1 Å². The van der Waals surface area contributed by atoms with Crippen LogP contribution in [0.25, 0.3) is 0 Å². The minimum atomic E-state index is -5.01. The lowest BCUT2D eigenvalue weighted by atomic mass is 10.1. The van der Waals surface area contributed by atoms with Gasteiger partial charge in [0.15, 0.2) is 0 Å². The Morgan fingerprint density at radius 3 is 2.43 bits per heavy atom. The Labute approximate surface area is 81.9 Å². The number of benzene rings is 1. The number of carbonyl (C=O) groups excluding carboxylic acids is 1. The number of carbonyl (C=O) groups is 1. The Morgan fingerprint density at radius 1 is 1.36 bits per heavy atom. The molecule has 0 fully saturated rings. The van der Waals surface area contributed by atoms with Crippen LogP contribution in [-0.2, 0) is 0 Å². The predicted octanol–water partition coefficient (Wildman–Crippen LogP) is 2.79. The lowest BCUT2D eigenvalue weighted by Crippen LogP contribution is -2.22. The van der Waals surface area contributed by atoms with E-state index in [2.05, 4.69) is 0 Å². The molecule has 0 heterocycles. The normalized spacial score (nSPS) is 11.4. The SMILES string of the molecule is O=C(c1cccc(Cl)c1O)C(F)(F)F. The number of halogens is 4. The first-order valence-electron chi connectivity index (χ1n) is 3.43. The maximum Gasteiger partial charge on any atom is 0.455 e. The standard InChI is InChI=1S/C8H4ClF3O2/c9-5-3-1-2-4(6(5)13)7(14)8(10,11)12/h1-3,13H. The highest BCUT2D eigenvalue weighted by molar-refractivity contribution is 6.32. The largest absolute Gasteiger partial charge is 0.506 e. The summed E-state index contributed by atoms with van der Waals surface area (Å²) in [6.07, 6.45) is -5.01. The minimum Gasteiger partial charge on any atom is -0.506 e. The number of para-hydroxylation sites is 1. The molecule has 76 valence electrons. The molecule has 0 bridgehead atoms. The van der Waals surface area contributed by atoms with E-state index in [9.17, 15) is 18.0 Å². The fraction of sp³-hybridized carbons (Fsp3) is 0.125. The topological polar surface area (TPSA) is 37.3 Å². The van der Waals surface area contributed by atoms with Crippen LogP contribution in [0.4, 0.5) is 13.2 Å². The Morgan fingerprint density at radius 2 is 1.93 bits per heavy atom. The Hall–Kier alpha value is -1.23. The molecule has 6 heteroatoms. The van der Waals surface area contributed by atoms with E-state index in [0.717, 1.165) is 12.1 Å². The number of hydrogen-bond acceptors (Lipinski definition) is 2. The number of alkyl halides is 3. The fourth-order valence-corrected chi connectivity index (χ4v) is 1.03. The number of phenolic OH excluding ortho intramolecular Hbond substituents is 1. The van der Waals surface area contributed by atoms with Crippen LogP contribution in [0.2, 0.25) is 5.02 Å². The molecule has 0 aliphatic heterocycles. The maximum atomic E-state index is 11.9. The van der Waals surface area contributed by atoms with Crippen LogP contribution in [0, 0.1) is 0 Å². The Kier molecular flexibility index (Phi) is 2.71. The molecule has 1 N–H and O–H groups in total. The molecule has 0 spiro atoms. The molecule has 0 aromatic heterocycles. The van der Waals surface area contributed by atoms with Crippen LogP contribution in [0.3, 0.4) is 0 Å². The smallest absolute Gasteiger partial charge is 0.455 e. The molecule has 0 radical (unpaired) electrons. The number of aromatic hydroxyl groups is 1. The highest BCUT2D eigenvalue weighted by Gasteiger charge is 2.40. The van der Waals surface area contributed by atoms with Gasteiger partial charge in [-0.3, -0.25) is 4.79 Å². The van der Waals surface area contributed by atoms with E-state index in [1.807, 2.05) is 0 Å². The molecule has 1 aromatic rings. The second kappa shape index (κ2) is 3.49. The molecule has 0 saturated heterocycles. The van der Waals surface area contributed by atoms with Crippen molar-refractivity contribution >= 4 is 17.4 Å². The third-order valence-electron chi connectivity index (χ3n) is 1.49. The predicted molar refractivity (Wildman–Crippen MR) is 43.5 cm³/mol. The molecule has 0 saturated carbocycles. The van der Waals surface area contributed by atoms with Crippen LogP contribution < -0.4 is 0 Å². The highest BCUT2D eigenvalue weighted by atomic mass is 35.5. The van der Waals surface area contributed by atoms with Gasteiger partial charge in [0.1, 0.15) is 5.75 Å².